The van der Waals surface area contributed by atoms with Crippen molar-refractivity contribution < 1.29 is 9.47 Å². The molecule has 0 spiro atoms. The van der Waals surface area contributed by atoms with E-state index >= 15 is 0 Å². The highest BCUT2D eigenvalue weighted by Crippen LogP contribution is 2.29. The monoisotopic (exact) mass is 384 g/mol. The molecule has 8 heteroatoms. The lowest BCUT2D eigenvalue weighted by Crippen LogP contribution is -2.23. The van der Waals surface area contributed by atoms with Gasteiger partial charge in [-0.1, -0.05) is 23.2 Å². The number of benzene rings is 1. The van der Waals surface area contributed by atoms with Crippen LogP contribution in [0.25, 0.3) is 0 Å². The molecule has 25 heavy (non-hydrogen) atoms. The molecule has 0 saturated heterocycles. The molecule has 0 atom stereocenters. The molecule has 0 radical (unpaired) electrons. The van der Waals surface area contributed by atoms with E-state index in [4.69, 9.17) is 38.4 Å². The number of ether oxygens (including phenoxy) is 2. The summed E-state index contributed by atoms with van der Waals surface area (Å²) in [7, 11) is 1.82. The van der Waals surface area contributed by atoms with Crippen molar-refractivity contribution in [3.63, 3.8) is 0 Å². The zero-order chi connectivity index (χ0) is 18.4. The molecule has 0 aliphatic heterocycles. The summed E-state index contributed by atoms with van der Waals surface area (Å²) in [6, 6.07) is 7.27. The van der Waals surface area contributed by atoms with Crippen LogP contribution >= 0.6 is 23.2 Å². The fourth-order valence-electron chi connectivity index (χ4n) is 2.23. The van der Waals surface area contributed by atoms with Gasteiger partial charge in [0.05, 0.1) is 30.5 Å². The van der Waals surface area contributed by atoms with Crippen LogP contribution in [0, 0.1) is 0 Å². The standard InChI is InChI=1S/C17H22Cl2N4O2/c1-4-24-12-6-7-15(25-5-2)14(9-12)22-17(20)21-10-11-8-13(18)16(19)23(11)3/h6-9H,4-5,10H2,1-3H3,(H3,20,21,22). The zero-order valence-corrected chi connectivity index (χ0v) is 16.0. The number of aliphatic imine (C=N–C) groups is 1. The summed E-state index contributed by atoms with van der Waals surface area (Å²) in [6.45, 7) is 5.30. The van der Waals surface area contributed by atoms with Crippen LogP contribution in [0.5, 0.6) is 11.5 Å². The largest absolute Gasteiger partial charge is 0.494 e. The molecule has 2 rings (SSSR count). The summed E-state index contributed by atoms with van der Waals surface area (Å²) < 4.78 is 12.9. The fourth-order valence-corrected chi connectivity index (χ4v) is 2.64. The van der Waals surface area contributed by atoms with Crippen LogP contribution in [0.4, 0.5) is 5.69 Å². The summed E-state index contributed by atoms with van der Waals surface area (Å²) in [5, 5.41) is 4.02. The molecule has 0 aliphatic carbocycles. The Balaban J connectivity index is 2.16. The number of halogens is 2. The van der Waals surface area contributed by atoms with Gasteiger partial charge in [-0.25, -0.2) is 4.99 Å². The molecule has 0 bridgehead atoms. The van der Waals surface area contributed by atoms with Gasteiger partial charge in [0.15, 0.2) is 5.96 Å². The van der Waals surface area contributed by atoms with Crippen molar-refractivity contribution in [2.45, 2.75) is 20.4 Å². The maximum atomic E-state index is 6.05. The molecule has 6 nitrogen and oxygen atoms in total. The second-order valence-electron chi connectivity index (χ2n) is 5.18. The zero-order valence-electron chi connectivity index (χ0n) is 14.5. The average Bonchev–Trinajstić information content (AvgIpc) is 2.83. The average molecular weight is 385 g/mol. The predicted octanol–water partition coefficient (Wildman–Crippen LogP) is 4.06. The van der Waals surface area contributed by atoms with Gasteiger partial charge in [0.25, 0.3) is 0 Å². The summed E-state index contributed by atoms with van der Waals surface area (Å²) in [6.07, 6.45) is 0. The molecular weight excluding hydrogens is 363 g/mol. The van der Waals surface area contributed by atoms with E-state index in [0.29, 0.717) is 41.4 Å². The quantitative estimate of drug-likeness (QED) is 0.557. The van der Waals surface area contributed by atoms with E-state index in [1.54, 1.807) is 10.6 Å². The Morgan fingerprint density at radius 2 is 1.92 bits per heavy atom. The maximum absolute atomic E-state index is 6.05. The van der Waals surface area contributed by atoms with E-state index in [0.717, 1.165) is 11.4 Å². The van der Waals surface area contributed by atoms with E-state index in [1.807, 2.05) is 39.1 Å². The number of nitrogens with two attached hydrogens (primary N) is 1. The topological polar surface area (TPSA) is 73.8 Å². The normalized spacial score (nSPS) is 11.5. The van der Waals surface area contributed by atoms with Crippen molar-refractivity contribution in [1.29, 1.82) is 0 Å². The van der Waals surface area contributed by atoms with Crippen molar-refractivity contribution in [3.8, 4) is 11.5 Å². The van der Waals surface area contributed by atoms with Crippen LogP contribution in [0.15, 0.2) is 29.3 Å². The van der Waals surface area contributed by atoms with Gasteiger partial charge in [0.1, 0.15) is 16.7 Å². The first kappa shape index (κ1) is 19.3. The van der Waals surface area contributed by atoms with Crippen molar-refractivity contribution in [2.24, 2.45) is 17.8 Å². The molecule has 0 amide bonds. The van der Waals surface area contributed by atoms with Gasteiger partial charge in [-0.2, -0.15) is 0 Å². The van der Waals surface area contributed by atoms with Gasteiger partial charge in [-0.15, -0.1) is 0 Å². The van der Waals surface area contributed by atoms with Crippen LogP contribution in [-0.4, -0.2) is 23.7 Å². The third-order valence-corrected chi connectivity index (χ3v) is 4.29. The van der Waals surface area contributed by atoms with E-state index < -0.39 is 0 Å². The number of aromatic nitrogens is 1. The summed E-state index contributed by atoms with van der Waals surface area (Å²) in [5.41, 5.74) is 7.55. The lowest BCUT2D eigenvalue weighted by Gasteiger charge is -2.14. The van der Waals surface area contributed by atoms with Crippen molar-refractivity contribution in [3.05, 3.63) is 40.1 Å². The smallest absolute Gasteiger partial charge is 0.193 e. The third kappa shape index (κ3) is 4.96. The number of nitrogens with one attached hydrogen (secondary N) is 1. The second-order valence-corrected chi connectivity index (χ2v) is 5.95. The molecule has 0 unspecified atom stereocenters. The summed E-state index contributed by atoms with van der Waals surface area (Å²) >= 11 is 12.1. The second kappa shape index (κ2) is 8.87. The number of guanidine groups is 1. The number of nitrogens with zero attached hydrogens (tertiary/aromatic N) is 2. The summed E-state index contributed by atoms with van der Waals surface area (Å²) in [5.74, 6) is 1.65. The molecule has 136 valence electrons. The lowest BCUT2D eigenvalue weighted by molar-refractivity contribution is 0.332. The molecule has 0 aliphatic rings. The van der Waals surface area contributed by atoms with E-state index in [9.17, 15) is 0 Å². The Kier molecular flexibility index (Phi) is 6.84. The maximum Gasteiger partial charge on any atom is 0.193 e. The molecule has 1 heterocycles. The van der Waals surface area contributed by atoms with Gasteiger partial charge in [-0.3, -0.25) is 0 Å². The molecule has 1 aromatic heterocycles. The van der Waals surface area contributed by atoms with E-state index in [1.165, 1.54) is 0 Å². The molecule has 0 fully saturated rings. The predicted molar refractivity (Wildman–Crippen MR) is 103 cm³/mol. The Morgan fingerprint density at radius 1 is 1.20 bits per heavy atom. The minimum atomic E-state index is 0.253. The number of hydrogen-bond acceptors (Lipinski definition) is 3. The molecule has 1 aromatic carbocycles. The van der Waals surface area contributed by atoms with E-state index in [-0.39, 0.29) is 5.96 Å². The Bertz CT molecular complexity index is 759. The van der Waals surface area contributed by atoms with Crippen LogP contribution in [0.2, 0.25) is 10.2 Å². The van der Waals surface area contributed by atoms with Gasteiger partial charge in [0, 0.05) is 18.8 Å². The molecule has 0 saturated carbocycles. The number of hydrogen-bond donors (Lipinski definition) is 2. The Morgan fingerprint density at radius 3 is 2.52 bits per heavy atom. The summed E-state index contributed by atoms with van der Waals surface area (Å²) in [4.78, 5) is 4.33. The number of rotatable bonds is 7. The highest BCUT2D eigenvalue weighted by Gasteiger charge is 2.10. The molecular formula is C17H22Cl2N4O2. The SMILES string of the molecule is CCOc1ccc(OCC)c(NC(N)=NCc2cc(Cl)c(Cl)n2C)c1. The molecule has 3 N–H and O–H groups in total. The van der Waals surface area contributed by atoms with Gasteiger partial charge in [0.2, 0.25) is 0 Å². The van der Waals surface area contributed by atoms with Crippen LogP contribution in [0.3, 0.4) is 0 Å². The van der Waals surface area contributed by atoms with E-state index in [2.05, 4.69) is 10.3 Å². The Labute approximate surface area is 157 Å². The van der Waals surface area contributed by atoms with Gasteiger partial charge >= 0.3 is 0 Å². The third-order valence-electron chi connectivity index (χ3n) is 3.45. The lowest BCUT2D eigenvalue weighted by atomic mass is 10.2. The van der Waals surface area contributed by atoms with Crippen molar-refractivity contribution in [2.75, 3.05) is 18.5 Å². The highest BCUT2D eigenvalue weighted by atomic mass is 35.5. The Hall–Kier alpha value is -2.05. The van der Waals surface area contributed by atoms with Gasteiger partial charge in [-0.05, 0) is 32.0 Å². The first-order valence-electron chi connectivity index (χ1n) is 7.92. The highest BCUT2D eigenvalue weighted by molar-refractivity contribution is 6.41. The first-order valence-corrected chi connectivity index (χ1v) is 8.68. The van der Waals surface area contributed by atoms with Crippen molar-refractivity contribution >= 4 is 34.8 Å². The fraction of sp³-hybridized carbons (Fsp3) is 0.353. The minimum Gasteiger partial charge on any atom is -0.494 e. The molecule has 2 aromatic rings. The van der Waals surface area contributed by atoms with Crippen LogP contribution < -0.4 is 20.5 Å². The minimum absolute atomic E-state index is 0.253. The van der Waals surface area contributed by atoms with Crippen LogP contribution in [0.1, 0.15) is 19.5 Å². The van der Waals surface area contributed by atoms with Crippen LogP contribution in [-0.2, 0) is 13.6 Å². The first-order chi connectivity index (χ1) is 12.0. The van der Waals surface area contributed by atoms with Gasteiger partial charge < -0.3 is 25.1 Å². The number of anilines is 1. The van der Waals surface area contributed by atoms with Crippen molar-refractivity contribution in [1.82, 2.24) is 4.57 Å².